The molecule has 2 atom stereocenters. The average Bonchev–Trinajstić information content (AvgIpc) is 3.81. The van der Waals surface area contributed by atoms with Gasteiger partial charge in [-0.1, -0.05) is 26.5 Å². The number of hydrogen-bond donors (Lipinski definition) is 6. The van der Waals surface area contributed by atoms with Gasteiger partial charge >= 0.3 is 11.9 Å². The molecule has 1 fully saturated rings. The van der Waals surface area contributed by atoms with Gasteiger partial charge in [-0.3, -0.25) is 14.4 Å². The van der Waals surface area contributed by atoms with Crippen molar-refractivity contribution in [3.8, 4) is 0 Å². The third-order valence-electron chi connectivity index (χ3n) is 10.3. The molecule has 12 nitrogen and oxygen atoms in total. The van der Waals surface area contributed by atoms with Gasteiger partial charge in [-0.25, -0.2) is 0 Å². The number of methoxy groups -OCH3 is 2. The van der Waals surface area contributed by atoms with E-state index in [0.29, 0.717) is 34.5 Å². The fourth-order valence-electron chi connectivity index (χ4n) is 7.38. The van der Waals surface area contributed by atoms with Gasteiger partial charge in [-0.15, -0.1) is 0 Å². The third kappa shape index (κ3) is 7.58. The predicted molar refractivity (Wildman–Crippen MR) is 201 cm³/mol. The third-order valence-corrected chi connectivity index (χ3v) is 10.3. The Balaban J connectivity index is 1.86. The van der Waals surface area contributed by atoms with E-state index in [9.17, 15) is 14.4 Å². The van der Waals surface area contributed by atoms with E-state index in [2.05, 4.69) is 72.0 Å². The van der Waals surface area contributed by atoms with Crippen LogP contribution < -0.4 is 21.3 Å². The normalized spacial score (nSPS) is 16.4. The van der Waals surface area contributed by atoms with E-state index in [-0.39, 0.29) is 62.9 Å². The highest BCUT2D eigenvalue weighted by Gasteiger charge is 2.37. The first kappa shape index (κ1) is 38.2. The van der Waals surface area contributed by atoms with Crippen molar-refractivity contribution in [1.82, 2.24) is 25.6 Å². The van der Waals surface area contributed by atoms with Crippen molar-refractivity contribution in [3.05, 3.63) is 84.8 Å². The largest absolute Gasteiger partial charge is 0.469 e. The topological polar surface area (TPSA) is 171 Å². The van der Waals surface area contributed by atoms with Gasteiger partial charge in [-0.05, 0) is 74.1 Å². The van der Waals surface area contributed by atoms with Gasteiger partial charge in [0.05, 0.1) is 51.7 Å². The van der Waals surface area contributed by atoms with Crippen molar-refractivity contribution in [3.63, 3.8) is 0 Å². The second-order valence-electron chi connectivity index (χ2n) is 13.3. The smallest absolute Gasteiger partial charge is 0.310 e. The van der Waals surface area contributed by atoms with Crippen LogP contribution in [-0.4, -0.2) is 78.5 Å². The highest BCUT2D eigenvalue weighted by Crippen LogP contribution is 2.43. The summed E-state index contributed by atoms with van der Waals surface area (Å²) in [7, 11) is 2.71. The van der Waals surface area contributed by atoms with Crippen LogP contribution in [0.25, 0.3) is 29.9 Å². The number of allylic oxidation sites excluding steroid dienone is 2. The number of aromatic nitrogens is 3. The average molecular weight is 714 g/mol. The Morgan fingerprint density at radius 1 is 0.923 bits per heavy atom. The van der Waals surface area contributed by atoms with Gasteiger partial charge in [0.15, 0.2) is 0 Å². The minimum atomic E-state index is -0.481. The number of nitrogens with one attached hydrogen (secondary N) is 5. The zero-order chi connectivity index (χ0) is 37.7. The van der Waals surface area contributed by atoms with E-state index >= 15 is 0 Å². The summed E-state index contributed by atoms with van der Waals surface area (Å²) >= 11 is 0. The number of carbonyl (C=O) groups is 3. The second kappa shape index (κ2) is 16.5. The molecule has 5 rings (SSSR count). The quantitative estimate of drug-likeness (QED) is 0.115. The summed E-state index contributed by atoms with van der Waals surface area (Å²) in [6.07, 6.45) is 9.29. The number of H-pyrrole nitrogens is 3. The van der Waals surface area contributed by atoms with Crippen LogP contribution in [0.4, 0.5) is 0 Å². The van der Waals surface area contributed by atoms with Gasteiger partial charge in [0, 0.05) is 75.1 Å². The van der Waals surface area contributed by atoms with Crippen LogP contribution in [0.2, 0.25) is 0 Å². The molecule has 52 heavy (non-hydrogen) atoms. The highest BCUT2D eigenvalue weighted by molar-refractivity contribution is 6.03. The first-order chi connectivity index (χ1) is 25.0. The molecule has 1 saturated heterocycles. The molecule has 2 unspecified atom stereocenters. The molecular weight excluding hydrogens is 662 g/mol. The van der Waals surface area contributed by atoms with Crippen LogP contribution in [0.3, 0.4) is 0 Å². The lowest BCUT2D eigenvalue weighted by Crippen LogP contribution is -2.29. The zero-order valence-electron chi connectivity index (χ0n) is 31.2. The highest BCUT2D eigenvalue weighted by atomic mass is 16.5. The van der Waals surface area contributed by atoms with Crippen molar-refractivity contribution < 1.29 is 33.7 Å². The molecule has 1 amide bonds. The number of carbonyl (C=O) groups excluding carboxylic acids is 3. The van der Waals surface area contributed by atoms with Gasteiger partial charge in [-0.2, -0.15) is 0 Å². The fourth-order valence-corrected chi connectivity index (χ4v) is 7.38. The van der Waals surface area contributed by atoms with Crippen molar-refractivity contribution in [2.75, 3.05) is 40.6 Å². The van der Waals surface area contributed by atoms with E-state index < -0.39 is 5.97 Å². The molecule has 0 aliphatic carbocycles. The molecule has 0 saturated carbocycles. The summed E-state index contributed by atoms with van der Waals surface area (Å²) in [5.41, 5.74) is 10.5. The number of esters is 2. The lowest BCUT2D eigenvalue weighted by Gasteiger charge is -2.19. The zero-order valence-corrected chi connectivity index (χ0v) is 31.2. The Morgan fingerprint density at radius 3 is 2.31 bits per heavy atom. The van der Waals surface area contributed by atoms with Crippen LogP contribution in [0.15, 0.2) is 18.0 Å². The first-order valence-electron chi connectivity index (χ1n) is 17.8. The fraction of sp³-hybridized carbons (Fsp3) is 0.425. The number of ether oxygens (including phenoxy) is 3. The molecule has 0 aromatic carbocycles. The van der Waals surface area contributed by atoms with Gasteiger partial charge in [0.2, 0.25) is 0 Å². The molecule has 278 valence electrons. The van der Waals surface area contributed by atoms with Crippen molar-refractivity contribution in [2.24, 2.45) is 11.8 Å². The molecule has 3 aromatic heterocycles. The van der Waals surface area contributed by atoms with E-state index in [1.807, 2.05) is 19.1 Å². The second-order valence-corrected chi connectivity index (χ2v) is 13.3. The molecule has 0 spiro atoms. The lowest BCUT2D eigenvalue weighted by molar-refractivity contribution is -0.141. The summed E-state index contributed by atoms with van der Waals surface area (Å²) < 4.78 is 15.6. The van der Waals surface area contributed by atoms with Crippen molar-refractivity contribution in [1.29, 1.82) is 0 Å². The van der Waals surface area contributed by atoms with Crippen molar-refractivity contribution in [2.45, 2.75) is 60.3 Å². The standard InChI is InChI=1S/C40H51N5O7/c1-9-25-21(3)29-18-31-23(5)27(11-12-35(47)50-7)38(44-31)28(17-36(48)51-8)39-37(40(49)41-13-15-52-16-14-46)24(6)32(45-39)20-34-26(10-2)22(4)30(43-34)19-33(25)42-29/h9,18-20,23,27,42-46H,1,10-17H2,2-8H3,(H,41,49). The molecule has 5 heterocycles. The number of amides is 1. The molecule has 3 aromatic rings. The molecular formula is C40H51N5O7. The van der Waals surface area contributed by atoms with Crippen LogP contribution in [0, 0.1) is 32.6 Å². The van der Waals surface area contributed by atoms with Crippen LogP contribution in [0.1, 0.15) is 94.1 Å². The summed E-state index contributed by atoms with van der Waals surface area (Å²) in [5.74, 6) is -1.50. The number of aliphatic hydroxyl groups is 1. The van der Waals surface area contributed by atoms with Crippen LogP contribution in [-0.2, 0) is 30.2 Å². The number of aromatic amines is 3. The van der Waals surface area contributed by atoms with E-state index in [4.69, 9.17) is 19.3 Å². The monoisotopic (exact) mass is 713 g/mol. The summed E-state index contributed by atoms with van der Waals surface area (Å²) in [6.45, 7) is 14.8. The molecule has 8 bridgehead atoms. The lowest BCUT2D eigenvalue weighted by atomic mass is 9.85. The molecule has 6 N–H and O–H groups in total. The minimum absolute atomic E-state index is 0.103. The number of fused-ring (bicyclic) bond motifs is 8. The van der Waals surface area contributed by atoms with Crippen LogP contribution >= 0.6 is 0 Å². The molecule has 12 heteroatoms. The Labute approximate surface area is 304 Å². The van der Waals surface area contributed by atoms with Gasteiger partial charge < -0.3 is 44.9 Å². The molecule has 0 radical (unpaired) electrons. The maximum atomic E-state index is 14.1. The van der Waals surface area contributed by atoms with Crippen LogP contribution in [0.5, 0.6) is 0 Å². The van der Waals surface area contributed by atoms with Gasteiger partial charge in [0.25, 0.3) is 5.91 Å². The Bertz CT molecular complexity index is 2060. The first-order valence-corrected chi connectivity index (χ1v) is 17.8. The number of rotatable bonds is 13. The Hall–Kier alpha value is -5.07. The maximum absolute atomic E-state index is 14.1. The number of hydrogen-bond acceptors (Lipinski definition) is 8. The van der Waals surface area contributed by atoms with E-state index in [1.54, 1.807) is 0 Å². The maximum Gasteiger partial charge on any atom is 0.310 e. The van der Waals surface area contributed by atoms with Crippen molar-refractivity contribution >= 4 is 47.7 Å². The molecule has 2 aliphatic heterocycles. The van der Waals surface area contributed by atoms with E-state index in [1.165, 1.54) is 14.2 Å². The molecule has 2 aliphatic rings. The summed E-state index contributed by atoms with van der Waals surface area (Å²) in [6, 6.07) is 0. The Morgan fingerprint density at radius 2 is 1.63 bits per heavy atom. The Kier molecular flexibility index (Phi) is 12.1. The predicted octanol–water partition coefficient (Wildman–Crippen LogP) is 3.64. The minimum Gasteiger partial charge on any atom is -0.469 e. The summed E-state index contributed by atoms with van der Waals surface area (Å²) in [4.78, 5) is 50.6. The summed E-state index contributed by atoms with van der Waals surface area (Å²) in [5, 5.41) is 17.6. The van der Waals surface area contributed by atoms with Gasteiger partial charge in [0.1, 0.15) is 0 Å². The SMILES string of the molecule is C=Cc1c2[nH]c(c1C)C=C1NC(=C(CC(=O)OC)c3[nH]c(c(C)c3C(=O)NCCOCCO)C=c3[nH]c(c(C)c3CC)=C2)C(CCC(=O)OC)C1C. The van der Waals surface area contributed by atoms with E-state index in [0.717, 1.165) is 62.2 Å². The number of aliphatic hydroxyl groups excluding tert-OH is 1.